The van der Waals surface area contributed by atoms with Crippen LogP contribution in [0.2, 0.25) is 0 Å². The second-order valence-corrected chi connectivity index (χ2v) is 8.17. The monoisotopic (exact) mass is 431 g/mol. The van der Waals surface area contributed by atoms with Gasteiger partial charge in [0.2, 0.25) is 5.75 Å². The minimum atomic E-state index is -0.0979. The standard InChI is InChI=1S/C26H41NO4/c1-5-8-11-13-17-27-23-20-21(29-4)15-16-22(23)24(30-18-10-7-3)25(26(27)28)31-19-14-12-9-6-2/h15-16,20H,5-14,17-19H2,1-4H3. The molecule has 0 radical (unpaired) electrons. The van der Waals surface area contributed by atoms with Crippen LogP contribution in [0.1, 0.15) is 85.0 Å². The van der Waals surface area contributed by atoms with E-state index < -0.39 is 0 Å². The molecular weight excluding hydrogens is 390 g/mol. The van der Waals surface area contributed by atoms with Gasteiger partial charge in [0.05, 0.1) is 25.8 Å². The molecule has 0 aliphatic carbocycles. The number of hydrogen-bond donors (Lipinski definition) is 0. The quantitative estimate of drug-likeness (QED) is 0.277. The highest BCUT2D eigenvalue weighted by molar-refractivity contribution is 5.89. The predicted molar refractivity (Wildman–Crippen MR) is 129 cm³/mol. The van der Waals surface area contributed by atoms with Crippen molar-refractivity contribution in [2.75, 3.05) is 20.3 Å². The Balaban J connectivity index is 2.47. The third-order valence-corrected chi connectivity index (χ3v) is 5.61. The van der Waals surface area contributed by atoms with Crippen molar-refractivity contribution in [1.82, 2.24) is 4.57 Å². The van der Waals surface area contributed by atoms with Crippen LogP contribution >= 0.6 is 0 Å². The molecule has 5 heteroatoms. The number of ether oxygens (including phenoxy) is 3. The molecule has 1 aromatic carbocycles. The van der Waals surface area contributed by atoms with Crippen LogP contribution in [0.25, 0.3) is 10.9 Å². The highest BCUT2D eigenvalue weighted by Gasteiger charge is 2.20. The predicted octanol–water partition coefficient (Wildman–Crippen LogP) is 6.73. The van der Waals surface area contributed by atoms with Gasteiger partial charge in [0.25, 0.3) is 5.56 Å². The molecule has 5 nitrogen and oxygen atoms in total. The van der Waals surface area contributed by atoms with E-state index in [-0.39, 0.29) is 5.56 Å². The lowest BCUT2D eigenvalue weighted by Crippen LogP contribution is -2.24. The van der Waals surface area contributed by atoms with Crippen LogP contribution in [0.15, 0.2) is 23.0 Å². The Hall–Kier alpha value is -2.17. The number of nitrogens with zero attached hydrogens (tertiary/aromatic N) is 1. The number of methoxy groups -OCH3 is 1. The lowest BCUT2D eigenvalue weighted by Gasteiger charge is -2.19. The highest BCUT2D eigenvalue weighted by atomic mass is 16.5. The Bertz CT molecular complexity index is 843. The third kappa shape index (κ3) is 7.19. The fourth-order valence-electron chi connectivity index (χ4n) is 3.72. The molecule has 0 saturated heterocycles. The van der Waals surface area contributed by atoms with Crippen LogP contribution in [0, 0.1) is 0 Å². The summed E-state index contributed by atoms with van der Waals surface area (Å²) in [6.07, 6.45) is 10.8. The zero-order chi connectivity index (χ0) is 22.5. The van der Waals surface area contributed by atoms with Crippen LogP contribution in [0.5, 0.6) is 17.2 Å². The van der Waals surface area contributed by atoms with E-state index in [2.05, 4.69) is 20.8 Å². The molecule has 174 valence electrons. The second-order valence-electron chi connectivity index (χ2n) is 8.17. The molecule has 0 aliphatic rings. The highest BCUT2D eigenvalue weighted by Crippen LogP contribution is 2.35. The average Bonchev–Trinajstić information content (AvgIpc) is 2.79. The van der Waals surface area contributed by atoms with Crippen LogP contribution < -0.4 is 19.8 Å². The molecule has 0 spiro atoms. The number of benzene rings is 1. The first-order chi connectivity index (χ1) is 15.2. The molecule has 0 fully saturated rings. The zero-order valence-electron chi connectivity index (χ0n) is 20.0. The van der Waals surface area contributed by atoms with Gasteiger partial charge < -0.3 is 18.8 Å². The Morgan fingerprint density at radius 1 is 0.774 bits per heavy atom. The van der Waals surface area contributed by atoms with Gasteiger partial charge in [-0.3, -0.25) is 4.79 Å². The summed E-state index contributed by atoms with van der Waals surface area (Å²) >= 11 is 0. The first-order valence-corrected chi connectivity index (χ1v) is 12.2. The summed E-state index contributed by atoms with van der Waals surface area (Å²) in [5.74, 6) is 1.68. The largest absolute Gasteiger partial charge is 0.497 e. The van der Waals surface area contributed by atoms with E-state index in [1.807, 2.05) is 22.8 Å². The fraction of sp³-hybridized carbons (Fsp3) is 0.654. The summed E-state index contributed by atoms with van der Waals surface area (Å²) < 4.78 is 19.5. The molecule has 0 amide bonds. The van der Waals surface area contributed by atoms with Crippen molar-refractivity contribution in [3.8, 4) is 17.2 Å². The topological polar surface area (TPSA) is 49.7 Å². The maximum atomic E-state index is 13.5. The van der Waals surface area contributed by atoms with Crippen molar-refractivity contribution in [3.63, 3.8) is 0 Å². The summed E-state index contributed by atoms with van der Waals surface area (Å²) in [5, 5.41) is 0.913. The van der Waals surface area contributed by atoms with Gasteiger partial charge >= 0.3 is 0 Å². The molecular formula is C26H41NO4. The Morgan fingerprint density at radius 3 is 2.10 bits per heavy atom. The van der Waals surface area contributed by atoms with Gasteiger partial charge in [-0.15, -0.1) is 0 Å². The first-order valence-electron chi connectivity index (χ1n) is 12.2. The molecule has 0 unspecified atom stereocenters. The van der Waals surface area contributed by atoms with Gasteiger partial charge in [0.15, 0.2) is 5.75 Å². The maximum absolute atomic E-state index is 13.5. The molecule has 0 aliphatic heterocycles. The Morgan fingerprint density at radius 2 is 1.42 bits per heavy atom. The number of rotatable bonds is 16. The fourth-order valence-corrected chi connectivity index (χ4v) is 3.72. The third-order valence-electron chi connectivity index (χ3n) is 5.61. The van der Waals surface area contributed by atoms with Gasteiger partial charge in [0.1, 0.15) is 5.75 Å². The van der Waals surface area contributed by atoms with E-state index in [1.54, 1.807) is 7.11 Å². The molecule has 0 N–H and O–H groups in total. The number of pyridine rings is 1. The minimum Gasteiger partial charge on any atom is -0.497 e. The van der Waals surface area contributed by atoms with Crippen molar-refractivity contribution in [2.45, 2.75) is 91.5 Å². The molecule has 1 heterocycles. The van der Waals surface area contributed by atoms with Crippen LogP contribution in [0.3, 0.4) is 0 Å². The molecule has 2 rings (SSSR count). The summed E-state index contributed by atoms with van der Waals surface area (Å²) in [7, 11) is 1.65. The first kappa shape index (κ1) is 25.1. The molecule has 1 aromatic heterocycles. The molecule has 0 saturated carbocycles. The number of hydrogen-bond acceptors (Lipinski definition) is 4. The molecule has 2 aromatic rings. The van der Waals surface area contributed by atoms with E-state index in [4.69, 9.17) is 14.2 Å². The Labute approximate surface area is 187 Å². The van der Waals surface area contributed by atoms with Gasteiger partial charge in [-0.05, 0) is 31.4 Å². The maximum Gasteiger partial charge on any atom is 0.297 e. The summed E-state index contributed by atoms with van der Waals surface area (Å²) in [6, 6.07) is 5.85. The number of aromatic nitrogens is 1. The van der Waals surface area contributed by atoms with Gasteiger partial charge in [-0.2, -0.15) is 0 Å². The average molecular weight is 432 g/mol. The van der Waals surface area contributed by atoms with Crippen molar-refractivity contribution >= 4 is 10.9 Å². The van der Waals surface area contributed by atoms with Gasteiger partial charge in [-0.1, -0.05) is 65.7 Å². The lowest BCUT2D eigenvalue weighted by atomic mass is 10.1. The van der Waals surface area contributed by atoms with E-state index in [1.165, 1.54) is 25.7 Å². The zero-order valence-corrected chi connectivity index (χ0v) is 20.0. The normalized spacial score (nSPS) is 11.1. The van der Waals surface area contributed by atoms with E-state index >= 15 is 0 Å². The van der Waals surface area contributed by atoms with Crippen molar-refractivity contribution in [3.05, 3.63) is 28.6 Å². The van der Waals surface area contributed by atoms with E-state index in [9.17, 15) is 4.79 Å². The molecule has 0 atom stereocenters. The number of aryl methyl sites for hydroxylation is 1. The van der Waals surface area contributed by atoms with Gasteiger partial charge in [-0.25, -0.2) is 0 Å². The smallest absolute Gasteiger partial charge is 0.297 e. The van der Waals surface area contributed by atoms with Gasteiger partial charge in [0, 0.05) is 18.0 Å². The number of fused-ring (bicyclic) bond motifs is 1. The SMILES string of the molecule is CCCCCCOc1c(OCCCC)c2ccc(OC)cc2n(CCCCCC)c1=O. The van der Waals surface area contributed by atoms with E-state index in [0.29, 0.717) is 31.3 Å². The van der Waals surface area contributed by atoms with Crippen LogP contribution in [0.4, 0.5) is 0 Å². The summed E-state index contributed by atoms with van der Waals surface area (Å²) in [4.78, 5) is 13.5. The summed E-state index contributed by atoms with van der Waals surface area (Å²) in [6.45, 7) is 8.30. The van der Waals surface area contributed by atoms with Crippen molar-refractivity contribution < 1.29 is 14.2 Å². The van der Waals surface area contributed by atoms with E-state index in [0.717, 1.165) is 55.2 Å². The lowest BCUT2D eigenvalue weighted by molar-refractivity contribution is 0.258. The summed E-state index contributed by atoms with van der Waals surface area (Å²) in [5.41, 5.74) is 0.755. The molecule has 31 heavy (non-hydrogen) atoms. The number of unbranched alkanes of at least 4 members (excludes halogenated alkanes) is 7. The van der Waals surface area contributed by atoms with Crippen molar-refractivity contribution in [2.24, 2.45) is 0 Å². The minimum absolute atomic E-state index is 0.0979. The van der Waals surface area contributed by atoms with Crippen LogP contribution in [-0.2, 0) is 6.54 Å². The van der Waals surface area contributed by atoms with Crippen molar-refractivity contribution in [1.29, 1.82) is 0 Å². The van der Waals surface area contributed by atoms with Crippen LogP contribution in [-0.4, -0.2) is 24.9 Å². The Kier molecular flexibility index (Phi) is 11.3. The molecule has 0 bridgehead atoms. The second kappa shape index (κ2) is 14.0.